The minimum absolute atomic E-state index is 0.248. The van der Waals surface area contributed by atoms with Crippen LogP contribution in [0.3, 0.4) is 0 Å². The third-order valence-corrected chi connectivity index (χ3v) is 2.68. The van der Waals surface area contributed by atoms with Gasteiger partial charge in [0.25, 0.3) is 0 Å². The fourth-order valence-corrected chi connectivity index (χ4v) is 1.58. The summed E-state index contributed by atoms with van der Waals surface area (Å²) in [5.41, 5.74) is 1.75. The lowest BCUT2D eigenvalue weighted by Gasteiger charge is -1.95. The number of halogens is 1. The topological polar surface area (TPSA) is 37.3 Å². The van der Waals surface area contributed by atoms with E-state index in [0.717, 1.165) is 11.1 Å². The molecular formula is C15H9ClO2. The van der Waals surface area contributed by atoms with Crippen LogP contribution in [0.4, 0.5) is 0 Å². The molecule has 0 aromatic heterocycles. The lowest BCUT2D eigenvalue weighted by molar-refractivity contribution is 0.0697. The maximum absolute atomic E-state index is 10.7. The molecule has 1 N–H and O–H groups in total. The van der Waals surface area contributed by atoms with Crippen molar-refractivity contribution in [2.24, 2.45) is 0 Å². The summed E-state index contributed by atoms with van der Waals surface area (Å²) in [6.07, 6.45) is 0. The number of benzene rings is 2. The summed E-state index contributed by atoms with van der Waals surface area (Å²) < 4.78 is 0. The fraction of sp³-hybridized carbons (Fsp3) is 0. The SMILES string of the molecule is O=C(O)c1ccc(C#Cc2ccccc2Cl)cc1. The van der Waals surface area contributed by atoms with E-state index in [2.05, 4.69) is 11.8 Å². The Bertz CT molecular complexity index is 634. The zero-order valence-corrected chi connectivity index (χ0v) is 10.1. The van der Waals surface area contributed by atoms with Gasteiger partial charge in [-0.05, 0) is 36.4 Å². The standard InChI is InChI=1S/C15H9ClO2/c16-14-4-2-1-3-12(14)8-5-11-6-9-13(10-7-11)15(17)18/h1-4,6-7,9-10H,(H,17,18). The van der Waals surface area contributed by atoms with Gasteiger partial charge in [0.1, 0.15) is 0 Å². The highest BCUT2D eigenvalue weighted by molar-refractivity contribution is 6.31. The zero-order chi connectivity index (χ0) is 13.0. The second-order valence-corrected chi connectivity index (χ2v) is 4.02. The molecule has 0 bridgehead atoms. The highest BCUT2D eigenvalue weighted by atomic mass is 35.5. The molecule has 18 heavy (non-hydrogen) atoms. The molecule has 2 nitrogen and oxygen atoms in total. The van der Waals surface area contributed by atoms with Gasteiger partial charge in [-0.3, -0.25) is 0 Å². The van der Waals surface area contributed by atoms with Crippen molar-refractivity contribution in [3.8, 4) is 11.8 Å². The summed E-state index contributed by atoms with van der Waals surface area (Å²) >= 11 is 5.98. The molecule has 0 unspecified atom stereocenters. The first-order valence-corrected chi connectivity index (χ1v) is 5.64. The summed E-state index contributed by atoms with van der Waals surface area (Å²) in [6.45, 7) is 0. The Morgan fingerprint density at radius 1 is 1.00 bits per heavy atom. The monoisotopic (exact) mass is 256 g/mol. The molecule has 0 radical (unpaired) electrons. The lowest BCUT2D eigenvalue weighted by Crippen LogP contribution is -1.94. The van der Waals surface area contributed by atoms with E-state index in [4.69, 9.17) is 16.7 Å². The summed E-state index contributed by atoms with van der Waals surface area (Å²) in [5.74, 6) is 4.95. The first-order chi connectivity index (χ1) is 8.66. The highest BCUT2D eigenvalue weighted by Gasteiger charge is 2.00. The number of aromatic carboxylic acids is 1. The molecule has 0 fully saturated rings. The Morgan fingerprint density at radius 3 is 2.28 bits per heavy atom. The van der Waals surface area contributed by atoms with E-state index in [0.29, 0.717) is 5.02 Å². The minimum Gasteiger partial charge on any atom is -0.478 e. The van der Waals surface area contributed by atoms with Gasteiger partial charge in [-0.25, -0.2) is 4.79 Å². The van der Waals surface area contributed by atoms with Gasteiger partial charge < -0.3 is 5.11 Å². The van der Waals surface area contributed by atoms with Crippen LogP contribution in [0.25, 0.3) is 0 Å². The van der Waals surface area contributed by atoms with Gasteiger partial charge in [0.05, 0.1) is 10.6 Å². The Labute approximate surface area is 110 Å². The van der Waals surface area contributed by atoms with Crippen LogP contribution >= 0.6 is 11.6 Å². The quantitative estimate of drug-likeness (QED) is 0.794. The second kappa shape index (κ2) is 5.39. The van der Waals surface area contributed by atoms with Gasteiger partial charge in [0, 0.05) is 11.1 Å². The smallest absolute Gasteiger partial charge is 0.335 e. The van der Waals surface area contributed by atoms with Gasteiger partial charge >= 0.3 is 5.97 Å². The number of hydrogen-bond acceptors (Lipinski definition) is 1. The molecule has 0 spiro atoms. The first kappa shape index (κ1) is 12.2. The van der Waals surface area contributed by atoms with Gasteiger partial charge in [-0.1, -0.05) is 35.6 Å². The van der Waals surface area contributed by atoms with Crippen LogP contribution in [0.15, 0.2) is 48.5 Å². The fourth-order valence-electron chi connectivity index (χ4n) is 1.40. The molecule has 88 valence electrons. The van der Waals surface area contributed by atoms with Crippen molar-refractivity contribution in [1.82, 2.24) is 0 Å². The molecule has 0 saturated carbocycles. The van der Waals surface area contributed by atoms with Crippen molar-refractivity contribution in [3.63, 3.8) is 0 Å². The number of carboxylic acid groups (broad SMARTS) is 1. The summed E-state index contributed by atoms with van der Waals surface area (Å²) in [5, 5.41) is 9.37. The van der Waals surface area contributed by atoms with E-state index in [1.807, 2.05) is 18.2 Å². The number of rotatable bonds is 1. The minimum atomic E-state index is -0.944. The van der Waals surface area contributed by atoms with Crippen LogP contribution < -0.4 is 0 Å². The second-order valence-electron chi connectivity index (χ2n) is 3.61. The molecule has 0 saturated heterocycles. The molecule has 0 atom stereocenters. The van der Waals surface area contributed by atoms with Gasteiger partial charge in [-0.2, -0.15) is 0 Å². The van der Waals surface area contributed by atoms with Crippen molar-refractivity contribution in [2.45, 2.75) is 0 Å². The average molecular weight is 257 g/mol. The van der Waals surface area contributed by atoms with Crippen LogP contribution in [-0.4, -0.2) is 11.1 Å². The zero-order valence-electron chi connectivity index (χ0n) is 9.35. The Morgan fingerprint density at radius 2 is 1.67 bits per heavy atom. The Hall–Kier alpha value is -2.24. The van der Waals surface area contributed by atoms with Crippen LogP contribution in [0.2, 0.25) is 5.02 Å². The molecule has 2 aromatic carbocycles. The Kier molecular flexibility index (Phi) is 3.66. The predicted molar refractivity (Wildman–Crippen MR) is 70.8 cm³/mol. The summed E-state index contributed by atoms with van der Waals surface area (Å²) in [4.78, 5) is 10.7. The van der Waals surface area contributed by atoms with Gasteiger partial charge in [-0.15, -0.1) is 0 Å². The van der Waals surface area contributed by atoms with Crippen LogP contribution in [0.5, 0.6) is 0 Å². The van der Waals surface area contributed by atoms with Crippen LogP contribution in [-0.2, 0) is 0 Å². The normalized spacial score (nSPS) is 9.39. The summed E-state index contributed by atoms with van der Waals surface area (Å²) in [7, 11) is 0. The van der Waals surface area contributed by atoms with Crippen molar-refractivity contribution in [2.75, 3.05) is 0 Å². The molecule has 2 aromatic rings. The maximum atomic E-state index is 10.7. The lowest BCUT2D eigenvalue weighted by atomic mass is 10.1. The molecule has 0 aliphatic rings. The van der Waals surface area contributed by atoms with E-state index in [-0.39, 0.29) is 5.56 Å². The van der Waals surface area contributed by atoms with E-state index in [9.17, 15) is 4.79 Å². The van der Waals surface area contributed by atoms with E-state index < -0.39 is 5.97 Å². The summed E-state index contributed by atoms with van der Waals surface area (Å²) in [6, 6.07) is 13.7. The molecule has 0 heterocycles. The highest BCUT2D eigenvalue weighted by Crippen LogP contribution is 2.13. The van der Waals surface area contributed by atoms with E-state index in [1.165, 1.54) is 12.1 Å². The van der Waals surface area contributed by atoms with Crippen molar-refractivity contribution in [1.29, 1.82) is 0 Å². The molecule has 3 heteroatoms. The van der Waals surface area contributed by atoms with E-state index >= 15 is 0 Å². The third-order valence-electron chi connectivity index (χ3n) is 2.35. The maximum Gasteiger partial charge on any atom is 0.335 e. The molecular weight excluding hydrogens is 248 g/mol. The van der Waals surface area contributed by atoms with Crippen LogP contribution in [0.1, 0.15) is 21.5 Å². The molecule has 2 rings (SSSR count). The molecule has 0 aliphatic carbocycles. The predicted octanol–water partition coefficient (Wildman–Crippen LogP) is 3.44. The van der Waals surface area contributed by atoms with Crippen molar-refractivity contribution >= 4 is 17.6 Å². The van der Waals surface area contributed by atoms with Gasteiger partial charge in [0.2, 0.25) is 0 Å². The Balaban J connectivity index is 2.25. The number of carboxylic acids is 1. The van der Waals surface area contributed by atoms with Crippen LogP contribution in [0, 0.1) is 11.8 Å². The van der Waals surface area contributed by atoms with Gasteiger partial charge in [0.15, 0.2) is 0 Å². The number of hydrogen-bond donors (Lipinski definition) is 1. The van der Waals surface area contributed by atoms with Crippen molar-refractivity contribution in [3.05, 3.63) is 70.2 Å². The molecule has 0 amide bonds. The number of carbonyl (C=O) groups is 1. The van der Waals surface area contributed by atoms with E-state index in [1.54, 1.807) is 18.2 Å². The first-order valence-electron chi connectivity index (χ1n) is 5.27. The average Bonchev–Trinajstić information content (AvgIpc) is 2.38. The van der Waals surface area contributed by atoms with Crippen molar-refractivity contribution < 1.29 is 9.90 Å². The largest absolute Gasteiger partial charge is 0.478 e. The molecule has 0 aliphatic heterocycles. The third kappa shape index (κ3) is 2.91.